The van der Waals surface area contributed by atoms with E-state index < -0.39 is 12.0 Å². The van der Waals surface area contributed by atoms with Crippen molar-refractivity contribution in [3.8, 4) is 11.3 Å². The first-order valence-corrected chi connectivity index (χ1v) is 7.13. The van der Waals surface area contributed by atoms with Gasteiger partial charge < -0.3 is 19.3 Å². The zero-order valence-electron chi connectivity index (χ0n) is 12.2. The molecular formula is C15H15N3O5. The van der Waals surface area contributed by atoms with Crippen LogP contribution in [0.2, 0.25) is 0 Å². The van der Waals surface area contributed by atoms with Gasteiger partial charge in [-0.3, -0.25) is 14.6 Å². The highest BCUT2D eigenvalue weighted by atomic mass is 16.5. The van der Waals surface area contributed by atoms with Crippen LogP contribution in [0.15, 0.2) is 35.1 Å². The minimum Gasteiger partial charge on any atom is -0.481 e. The van der Waals surface area contributed by atoms with E-state index in [9.17, 15) is 9.59 Å². The molecule has 0 radical (unpaired) electrons. The van der Waals surface area contributed by atoms with Crippen LogP contribution in [-0.2, 0) is 9.53 Å². The Kier molecular flexibility index (Phi) is 4.33. The van der Waals surface area contributed by atoms with Gasteiger partial charge in [-0.25, -0.2) is 0 Å². The largest absolute Gasteiger partial charge is 0.481 e. The van der Waals surface area contributed by atoms with Crippen LogP contribution >= 0.6 is 0 Å². The summed E-state index contributed by atoms with van der Waals surface area (Å²) in [5.41, 5.74) is 0.851. The summed E-state index contributed by atoms with van der Waals surface area (Å²) in [5, 5.41) is 12.8. The van der Waals surface area contributed by atoms with Crippen LogP contribution in [0.3, 0.4) is 0 Å². The van der Waals surface area contributed by atoms with E-state index in [1.807, 2.05) is 0 Å². The molecular weight excluding hydrogens is 302 g/mol. The molecule has 8 nitrogen and oxygen atoms in total. The van der Waals surface area contributed by atoms with E-state index in [-0.39, 0.29) is 24.6 Å². The van der Waals surface area contributed by atoms with Crippen LogP contribution in [0.1, 0.15) is 16.9 Å². The van der Waals surface area contributed by atoms with Crippen LogP contribution < -0.4 is 0 Å². The van der Waals surface area contributed by atoms with Gasteiger partial charge in [-0.1, -0.05) is 5.16 Å². The van der Waals surface area contributed by atoms with Gasteiger partial charge in [0, 0.05) is 30.6 Å². The fourth-order valence-corrected chi connectivity index (χ4v) is 2.46. The van der Waals surface area contributed by atoms with Crippen molar-refractivity contribution in [2.24, 2.45) is 0 Å². The Balaban J connectivity index is 1.79. The first-order valence-electron chi connectivity index (χ1n) is 7.13. The van der Waals surface area contributed by atoms with Crippen molar-refractivity contribution in [2.75, 3.05) is 19.8 Å². The van der Waals surface area contributed by atoms with Gasteiger partial charge in [-0.2, -0.15) is 0 Å². The summed E-state index contributed by atoms with van der Waals surface area (Å²) < 4.78 is 10.5. The van der Waals surface area contributed by atoms with Crippen LogP contribution in [0.25, 0.3) is 11.3 Å². The number of carbonyl (C=O) groups is 2. The van der Waals surface area contributed by atoms with Gasteiger partial charge in [0.05, 0.1) is 25.7 Å². The number of carbonyl (C=O) groups excluding carboxylic acids is 1. The molecule has 23 heavy (non-hydrogen) atoms. The summed E-state index contributed by atoms with van der Waals surface area (Å²) in [7, 11) is 0. The second-order valence-electron chi connectivity index (χ2n) is 5.14. The number of amides is 1. The number of morpholine rings is 1. The van der Waals surface area contributed by atoms with Gasteiger partial charge in [-0.05, 0) is 12.1 Å². The van der Waals surface area contributed by atoms with E-state index in [0.717, 1.165) is 0 Å². The summed E-state index contributed by atoms with van der Waals surface area (Å²) in [4.78, 5) is 29.0. The van der Waals surface area contributed by atoms with Crippen molar-refractivity contribution >= 4 is 11.9 Å². The van der Waals surface area contributed by atoms with Crippen LogP contribution in [0, 0.1) is 0 Å². The van der Waals surface area contributed by atoms with E-state index >= 15 is 0 Å². The quantitative estimate of drug-likeness (QED) is 0.898. The topological polar surface area (TPSA) is 106 Å². The fourth-order valence-electron chi connectivity index (χ4n) is 2.46. The molecule has 0 bridgehead atoms. The molecule has 0 aromatic carbocycles. The lowest BCUT2D eigenvalue weighted by Gasteiger charge is -2.34. The Morgan fingerprint density at radius 3 is 3.04 bits per heavy atom. The molecule has 1 aliphatic heterocycles. The van der Waals surface area contributed by atoms with E-state index in [2.05, 4.69) is 10.1 Å². The molecule has 0 saturated carbocycles. The minimum atomic E-state index is -0.977. The maximum atomic E-state index is 12.6. The number of aromatic nitrogens is 2. The standard InChI is InChI=1S/C15H15N3O5/c19-14(20)6-11-9-22-5-4-18(11)15(21)12-7-13(23-17-12)10-2-1-3-16-8-10/h1-3,7-8,11H,4-6,9H2,(H,19,20). The summed E-state index contributed by atoms with van der Waals surface area (Å²) >= 11 is 0. The maximum Gasteiger partial charge on any atom is 0.305 e. The van der Waals surface area contributed by atoms with E-state index in [4.69, 9.17) is 14.4 Å². The lowest BCUT2D eigenvalue weighted by molar-refractivity contribution is -0.139. The fraction of sp³-hybridized carbons (Fsp3) is 0.333. The highest BCUT2D eigenvalue weighted by Gasteiger charge is 2.31. The van der Waals surface area contributed by atoms with Crippen molar-refractivity contribution in [1.82, 2.24) is 15.0 Å². The third-order valence-electron chi connectivity index (χ3n) is 3.57. The molecule has 1 fully saturated rings. The third-order valence-corrected chi connectivity index (χ3v) is 3.57. The minimum absolute atomic E-state index is 0.140. The maximum absolute atomic E-state index is 12.6. The Morgan fingerprint density at radius 2 is 2.30 bits per heavy atom. The number of hydrogen-bond donors (Lipinski definition) is 1. The summed E-state index contributed by atoms with van der Waals surface area (Å²) in [6, 6.07) is 4.58. The summed E-state index contributed by atoms with van der Waals surface area (Å²) in [6.45, 7) is 0.895. The highest BCUT2D eigenvalue weighted by Crippen LogP contribution is 2.21. The number of pyridine rings is 1. The third kappa shape index (κ3) is 3.37. The van der Waals surface area contributed by atoms with Gasteiger partial charge in [0.15, 0.2) is 11.5 Å². The molecule has 1 atom stereocenters. The normalized spacial score (nSPS) is 17.9. The number of carboxylic acids is 1. The van der Waals surface area contributed by atoms with Crippen LogP contribution in [-0.4, -0.2) is 57.8 Å². The highest BCUT2D eigenvalue weighted by molar-refractivity contribution is 5.93. The zero-order chi connectivity index (χ0) is 16.2. The van der Waals surface area contributed by atoms with Gasteiger partial charge in [0.1, 0.15) is 0 Å². The second kappa shape index (κ2) is 6.57. The predicted octanol–water partition coefficient (Wildman–Crippen LogP) is 1.05. The molecule has 1 saturated heterocycles. The smallest absolute Gasteiger partial charge is 0.305 e. The molecule has 1 amide bonds. The van der Waals surface area contributed by atoms with E-state index in [1.165, 1.54) is 11.0 Å². The van der Waals surface area contributed by atoms with E-state index in [0.29, 0.717) is 24.5 Å². The number of rotatable bonds is 4. The summed E-state index contributed by atoms with van der Waals surface area (Å²) in [6.07, 6.45) is 3.08. The lowest BCUT2D eigenvalue weighted by atomic mass is 10.1. The Bertz CT molecular complexity index is 700. The molecule has 2 aromatic rings. The molecule has 3 rings (SSSR count). The van der Waals surface area contributed by atoms with Crippen molar-refractivity contribution in [3.05, 3.63) is 36.3 Å². The first-order chi connectivity index (χ1) is 11.1. The molecule has 0 aliphatic carbocycles. The molecule has 2 aromatic heterocycles. The average Bonchev–Trinajstić information content (AvgIpc) is 3.05. The SMILES string of the molecule is O=C(O)CC1COCCN1C(=O)c1cc(-c2cccnc2)on1. The van der Waals surface area contributed by atoms with Crippen LogP contribution in [0.5, 0.6) is 0 Å². The van der Waals surface area contributed by atoms with Gasteiger partial charge in [-0.15, -0.1) is 0 Å². The zero-order valence-corrected chi connectivity index (χ0v) is 12.2. The Morgan fingerprint density at radius 1 is 1.43 bits per heavy atom. The van der Waals surface area contributed by atoms with Crippen molar-refractivity contribution in [2.45, 2.75) is 12.5 Å². The molecule has 8 heteroatoms. The summed E-state index contributed by atoms with van der Waals surface area (Å²) in [5.74, 6) is -0.905. The van der Waals surface area contributed by atoms with Crippen molar-refractivity contribution in [3.63, 3.8) is 0 Å². The van der Waals surface area contributed by atoms with E-state index in [1.54, 1.807) is 24.5 Å². The first kappa shape index (κ1) is 15.2. The average molecular weight is 317 g/mol. The van der Waals surface area contributed by atoms with Gasteiger partial charge >= 0.3 is 5.97 Å². The number of carboxylic acid groups (broad SMARTS) is 1. The number of ether oxygens (including phenoxy) is 1. The predicted molar refractivity (Wildman–Crippen MR) is 77.6 cm³/mol. The molecule has 1 unspecified atom stereocenters. The molecule has 1 N–H and O–H groups in total. The van der Waals surface area contributed by atoms with Gasteiger partial charge in [0.25, 0.3) is 5.91 Å². The number of aliphatic carboxylic acids is 1. The number of nitrogens with zero attached hydrogens (tertiary/aromatic N) is 3. The van der Waals surface area contributed by atoms with Crippen molar-refractivity contribution in [1.29, 1.82) is 0 Å². The lowest BCUT2D eigenvalue weighted by Crippen LogP contribution is -2.49. The Labute approximate surface area is 131 Å². The molecule has 3 heterocycles. The van der Waals surface area contributed by atoms with Gasteiger partial charge in [0.2, 0.25) is 0 Å². The van der Waals surface area contributed by atoms with Crippen LogP contribution in [0.4, 0.5) is 0 Å². The second-order valence-corrected chi connectivity index (χ2v) is 5.14. The number of hydrogen-bond acceptors (Lipinski definition) is 6. The molecule has 0 spiro atoms. The molecule has 120 valence electrons. The van der Waals surface area contributed by atoms with Crippen molar-refractivity contribution < 1.29 is 24.0 Å². The Hall–Kier alpha value is -2.74. The molecule has 1 aliphatic rings. The monoisotopic (exact) mass is 317 g/mol.